The summed E-state index contributed by atoms with van der Waals surface area (Å²) in [5.74, 6) is -1.18. The quantitative estimate of drug-likeness (QED) is 0.923. The highest BCUT2D eigenvalue weighted by Gasteiger charge is 2.37. The Hall–Kier alpha value is -1.59. The lowest BCUT2D eigenvalue weighted by atomic mass is 10.1. The molecule has 0 saturated carbocycles. The van der Waals surface area contributed by atoms with Crippen molar-refractivity contribution < 1.29 is 19.4 Å². The van der Waals surface area contributed by atoms with E-state index in [0.717, 1.165) is 0 Å². The third-order valence-electron chi connectivity index (χ3n) is 3.48. The van der Waals surface area contributed by atoms with Crippen molar-refractivity contribution in [2.24, 2.45) is 0 Å². The molecule has 0 aromatic heterocycles. The van der Waals surface area contributed by atoms with Gasteiger partial charge in [-0.25, -0.2) is 0 Å². The van der Waals surface area contributed by atoms with E-state index in [9.17, 15) is 9.59 Å². The Morgan fingerprint density at radius 1 is 1.45 bits per heavy atom. The Bertz CT molecular complexity index is 520. The number of carbonyl (C=O) groups excluding carboxylic acids is 1. The minimum Gasteiger partial charge on any atom is -0.481 e. The molecule has 5 nitrogen and oxygen atoms in total. The summed E-state index contributed by atoms with van der Waals surface area (Å²) in [4.78, 5) is 25.0. The van der Waals surface area contributed by atoms with E-state index >= 15 is 0 Å². The second-order valence-electron chi connectivity index (χ2n) is 4.78. The molecule has 0 bridgehead atoms. The number of hydrogen-bond acceptors (Lipinski definition) is 3. The molecule has 1 aliphatic heterocycles. The summed E-state index contributed by atoms with van der Waals surface area (Å²) >= 11 is 6.03. The van der Waals surface area contributed by atoms with Gasteiger partial charge in [0.25, 0.3) is 5.91 Å². The van der Waals surface area contributed by atoms with Crippen molar-refractivity contribution >= 4 is 23.5 Å². The highest BCUT2D eigenvalue weighted by atomic mass is 35.5. The van der Waals surface area contributed by atoms with Gasteiger partial charge in [-0.1, -0.05) is 23.7 Å². The van der Waals surface area contributed by atoms with Crippen molar-refractivity contribution in [2.75, 3.05) is 13.7 Å². The summed E-state index contributed by atoms with van der Waals surface area (Å²) in [5, 5.41) is 9.32. The smallest absolute Gasteiger partial charge is 0.305 e. The number of carboxylic acids is 1. The Kier molecular flexibility index (Phi) is 4.62. The molecule has 1 aromatic carbocycles. The van der Waals surface area contributed by atoms with E-state index in [4.69, 9.17) is 21.4 Å². The number of nitrogens with zero attached hydrogens (tertiary/aromatic N) is 1. The zero-order chi connectivity index (χ0) is 14.7. The van der Waals surface area contributed by atoms with Gasteiger partial charge in [-0.15, -0.1) is 0 Å². The molecule has 1 aliphatic rings. The van der Waals surface area contributed by atoms with Crippen LogP contribution in [0.1, 0.15) is 23.2 Å². The summed E-state index contributed by atoms with van der Waals surface area (Å²) in [6, 6.07) is 6.40. The van der Waals surface area contributed by atoms with Crippen LogP contribution in [0.25, 0.3) is 0 Å². The van der Waals surface area contributed by atoms with E-state index in [1.165, 1.54) is 0 Å². The van der Waals surface area contributed by atoms with Crippen LogP contribution >= 0.6 is 11.6 Å². The molecule has 2 atom stereocenters. The van der Waals surface area contributed by atoms with E-state index in [1.54, 1.807) is 36.3 Å². The van der Waals surface area contributed by atoms with Crippen molar-refractivity contribution in [2.45, 2.75) is 25.0 Å². The number of hydrogen-bond donors (Lipinski definition) is 1. The minimum atomic E-state index is -0.927. The number of carboxylic acid groups (broad SMARTS) is 1. The first-order valence-electron chi connectivity index (χ1n) is 6.33. The molecule has 1 saturated heterocycles. The van der Waals surface area contributed by atoms with Crippen LogP contribution in [0.4, 0.5) is 0 Å². The molecule has 0 spiro atoms. The predicted octanol–water partition coefficient (Wildman–Crippen LogP) is 2.04. The molecule has 2 rings (SSSR count). The van der Waals surface area contributed by atoms with Gasteiger partial charge in [-0.3, -0.25) is 9.59 Å². The number of likely N-dealkylation sites (tertiary alicyclic amines) is 1. The van der Waals surface area contributed by atoms with Gasteiger partial charge in [0.2, 0.25) is 0 Å². The number of amides is 1. The standard InChI is InChI=1S/C14H16ClNO4/c1-20-10-6-9(7-13(17)18)16(8-10)14(19)11-4-2-3-5-12(11)15/h2-5,9-10H,6-8H2,1H3,(H,17,18). The van der Waals surface area contributed by atoms with E-state index in [1.807, 2.05) is 0 Å². The number of carbonyl (C=O) groups is 2. The highest BCUT2D eigenvalue weighted by Crippen LogP contribution is 2.26. The van der Waals surface area contributed by atoms with Crippen molar-refractivity contribution in [1.29, 1.82) is 0 Å². The van der Waals surface area contributed by atoms with Crippen LogP contribution in [0.5, 0.6) is 0 Å². The highest BCUT2D eigenvalue weighted by molar-refractivity contribution is 6.33. The minimum absolute atomic E-state index is 0.0872. The molecule has 1 aromatic rings. The van der Waals surface area contributed by atoms with Crippen LogP contribution in [0, 0.1) is 0 Å². The average molecular weight is 298 g/mol. The number of methoxy groups -OCH3 is 1. The molecule has 108 valence electrons. The second kappa shape index (κ2) is 6.24. The molecule has 1 fully saturated rings. The maximum atomic E-state index is 12.5. The van der Waals surface area contributed by atoms with Gasteiger partial charge in [-0.2, -0.15) is 0 Å². The van der Waals surface area contributed by atoms with Gasteiger partial charge in [0.05, 0.1) is 23.1 Å². The Labute approximate surface area is 122 Å². The van der Waals surface area contributed by atoms with Crippen LogP contribution < -0.4 is 0 Å². The van der Waals surface area contributed by atoms with Gasteiger partial charge >= 0.3 is 5.97 Å². The third-order valence-corrected chi connectivity index (χ3v) is 3.81. The molecular weight excluding hydrogens is 282 g/mol. The topological polar surface area (TPSA) is 66.8 Å². The zero-order valence-electron chi connectivity index (χ0n) is 11.1. The SMILES string of the molecule is COC1CC(CC(=O)O)N(C(=O)c2ccccc2Cl)C1. The molecule has 0 radical (unpaired) electrons. The first-order chi connectivity index (χ1) is 9.52. The number of rotatable bonds is 4. The fraction of sp³-hybridized carbons (Fsp3) is 0.429. The first kappa shape index (κ1) is 14.8. The summed E-state index contributed by atoms with van der Waals surface area (Å²) in [6.07, 6.45) is 0.306. The largest absolute Gasteiger partial charge is 0.481 e. The van der Waals surface area contributed by atoms with Gasteiger partial charge in [0.1, 0.15) is 0 Å². The lowest BCUT2D eigenvalue weighted by molar-refractivity contribution is -0.137. The molecule has 2 unspecified atom stereocenters. The molecule has 20 heavy (non-hydrogen) atoms. The Morgan fingerprint density at radius 3 is 2.75 bits per heavy atom. The van der Waals surface area contributed by atoms with Crippen LogP contribution in [-0.2, 0) is 9.53 Å². The van der Waals surface area contributed by atoms with E-state index in [-0.39, 0.29) is 24.5 Å². The number of ether oxygens (including phenoxy) is 1. The van der Waals surface area contributed by atoms with Crippen LogP contribution in [-0.4, -0.2) is 47.7 Å². The first-order valence-corrected chi connectivity index (χ1v) is 6.70. The predicted molar refractivity (Wildman–Crippen MR) is 73.9 cm³/mol. The summed E-state index contributed by atoms with van der Waals surface area (Å²) in [5.41, 5.74) is 0.390. The van der Waals surface area contributed by atoms with Gasteiger partial charge in [0.15, 0.2) is 0 Å². The Balaban J connectivity index is 2.22. The maximum Gasteiger partial charge on any atom is 0.305 e. The molecular formula is C14H16ClNO4. The monoisotopic (exact) mass is 297 g/mol. The van der Waals surface area contributed by atoms with Gasteiger partial charge < -0.3 is 14.7 Å². The van der Waals surface area contributed by atoms with E-state index in [2.05, 4.69) is 0 Å². The van der Waals surface area contributed by atoms with Crippen LogP contribution in [0.15, 0.2) is 24.3 Å². The lowest BCUT2D eigenvalue weighted by Gasteiger charge is -2.23. The normalized spacial score (nSPS) is 22.0. The van der Waals surface area contributed by atoms with Crippen molar-refractivity contribution in [3.05, 3.63) is 34.9 Å². The maximum absolute atomic E-state index is 12.5. The lowest BCUT2D eigenvalue weighted by Crippen LogP contribution is -2.37. The van der Waals surface area contributed by atoms with Gasteiger partial charge in [0, 0.05) is 19.7 Å². The van der Waals surface area contributed by atoms with E-state index < -0.39 is 5.97 Å². The molecule has 1 amide bonds. The average Bonchev–Trinajstić information content (AvgIpc) is 2.81. The van der Waals surface area contributed by atoms with Crippen molar-refractivity contribution in [3.63, 3.8) is 0 Å². The fourth-order valence-corrected chi connectivity index (χ4v) is 2.69. The molecule has 1 N–H and O–H groups in total. The number of benzene rings is 1. The second-order valence-corrected chi connectivity index (χ2v) is 5.19. The van der Waals surface area contributed by atoms with Crippen molar-refractivity contribution in [1.82, 2.24) is 4.90 Å². The summed E-state index contributed by atoms with van der Waals surface area (Å²) in [6.45, 7) is 0.387. The number of aliphatic carboxylic acids is 1. The molecule has 0 aliphatic carbocycles. The Morgan fingerprint density at radius 2 is 2.15 bits per heavy atom. The number of halogens is 1. The van der Waals surface area contributed by atoms with Crippen molar-refractivity contribution in [3.8, 4) is 0 Å². The third kappa shape index (κ3) is 3.11. The summed E-state index contributed by atoms with van der Waals surface area (Å²) in [7, 11) is 1.56. The zero-order valence-corrected chi connectivity index (χ0v) is 11.8. The molecule has 6 heteroatoms. The van der Waals surface area contributed by atoms with Gasteiger partial charge in [-0.05, 0) is 18.6 Å². The summed E-state index contributed by atoms with van der Waals surface area (Å²) < 4.78 is 5.25. The van der Waals surface area contributed by atoms with Crippen LogP contribution in [0.2, 0.25) is 5.02 Å². The fourth-order valence-electron chi connectivity index (χ4n) is 2.48. The van der Waals surface area contributed by atoms with E-state index in [0.29, 0.717) is 23.6 Å². The molecule has 1 heterocycles. The van der Waals surface area contributed by atoms with Crippen LogP contribution in [0.3, 0.4) is 0 Å².